The van der Waals surface area contributed by atoms with Gasteiger partial charge in [-0.3, -0.25) is 9.59 Å². The number of carbonyl (C=O) groups is 2. The van der Waals surface area contributed by atoms with E-state index in [0.29, 0.717) is 43.7 Å². The number of anilines is 2. The highest BCUT2D eigenvalue weighted by Crippen LogP contribution is 2.39. The van der Waals surface area contributed by atoms with Crippen LogP contribution in [0.4, 0.5) is 24.5 Å². The van der Waals surface area contributed by atoms with E-state index in [9.17, 15) is 22.8 Å². The second kappa shape index (κ2) is 6.56. The monoisotopic (exact) mass is 380 g/mol. The molecule has 3 heterocycles. The van der Waals surface area contributed by atoms with Crippen LogP contribution in [-0.4, -0.2) is 37.4 Å². The number of rotatable bonds is 2. The van der Waals surface area contributed by atoms with Crippen LogP contribution in [0.5, 0.6) is 0 Å². The lowest BCUT2D eigenvalue weighted by Crippen LogP contribution is -2.53. The largest absolute Gasteiger partial charge is 0.418 e. The van der Waals surface area contributed by atoms with Gasteiger partial charge in [-0.1, -0.05) is 0 Å². The average molecular weight is 380 g/mol. The number of ketones is 1. The predicted molar refractivity (Wildman–Crippen MR) is 93.3 cm³/mol. The van der Waals surface area contributed by atoms with Gasteiger partial charge in [-0.25, -0.2) is 0 Å². The molecule has 1 saturated heterocycles. The van der Waals surface area contributed by atoms with E-state index in [-0.39, 0.29) is 29.0 Å². The van der Waals surface area contributed by atoms with E-state index in [1.54, 1.807) is 0 Å². The predicted octanol–water partition coefficient (Wildman–Crippen LogP) is 1.65. The van der Waals surface area contributed by atoms with Crippen LogP contribution >= 0.6 is 0 Å². The number of hydrogen-bond donors (Lipinski definition) is 4. The molecule has 144 valence electrons. The molecule has 0 bridgehead atoms. The van der Waals surface area contributed by atoms with E-state index in [0.717, 1.165) is 6.07 Å². The topological polar surface area (TPSA) is 82.3 Å². The van der Waals surface area contributed by atoms with Gasteiger partial charge in [0.05, 0.1) is 16.8 Å². The Morgan fingerprint density at radius 1 is 1.22 bits per heavy atom. The summed E-state index contributed by atoms with van der Waals surface area (Å²) in [6.45, 7) is 1.82. The van der Waals surface area contributed by atoms with Crippen LogP contribution in [0.15, 0.2) is 23.9 Å². The summed E-state index contributed by atoms with van der Waals surface area (Å²) in [4.78, 5) is 25.2. The highest BCUT2D eigenvalue weighted by molar-refractivity contribution is 6.24. The summed E-state index contributed by atoms with van der Waals surface area (Å²) in [5, 5.41) is 11.5. The molecule has 3 aliphatic rings. The zero-order valence-corrected chi connectivity index (χ0v) is 14.4. The van der Waals surface area contributed by atoms with E-state index in [1.807, 2.05) is 0 Å². The number of fused-ring (bicyclic) bond motifs is 2. The molecule has 3 aliphatic heterocycles. The molecule has 2 unspecified atom stereocenters. The van der Waals surface area contributed by atoms with Gasteiger partial charge in [0.15, 0.2) is 5.78 Å². The Morgan fingerprint density at radius 3 is 2.81 bits per heavy atom. The van der Waals surface area contributed by atoms with Gasteiger partial charge < -0.3 is 21.3 Å². The van der Waals surface area contributed by atoms with E-state index < -0.39 is 17.6 Å². The summed E-state index contributed by atoms with van der Waals surface area (Å²) in [6, 6.07) is 2.25. The minimum atomic E-state index is -4.61. The first kappa shape index (κ1) is 17.8. The molecule has 1 amide bonds. The smallest absolute Gasteiger partial charge is 0.385 e. The zero-order valence-electron chi connectivity index (χ0n) is 14.4. The first-order chi connectivity index (χ1) is 12.8. The summed E-state index contributed by atoms with van der Waals surface area (Å²) in [5.41, 5.74) is -0.261. The molecule has 4 rings (SSSR count). The van der Waals surface area contributed by atoms with Crippen LogP contribution in [0.2, 0.25) is 0 Å². The summed E-state index contributed by atoms with van der Waals surface area (Å²) in [7, 11) is 0. The Balaban J connectivity index is 1.61. The third kappa shape index (κ3) is 3.27. The van der Waals surface area contributed by atoms with Crippen LogP contribution in [-0.2, 0) is 22.2 Å². The third-order valence-corrected chi connectivity index (χ3v) is 5.28. The van der Waals surface area contributed by atoms with Crippen molar-refractivity contribution in [3.63, 3.8) is 0 Å². The minimum Gasteiger partial charge on any atom is -0.385 e. The lowest BCUT2D eigenvalue weighted by atomic mass is 9.83. The Hall–Kier alpha value is -2.55. The van der Waals surface area contributed by atoms with Gasteiger partial charge in [-0.2, -0.15) is 13.2 Å². The van der Waals surface area contributed by atoms with Crippen molar-refractivity contribution < 1.29 is 22.8 Å². The molecule has 4 N–H and O–H groups in total. The van der Waals surface area contributed by atoms with E-state index in [1.165, 1.54) is 12.3 Å². The van der Waals surface area contributed by atoms with Crippen LogP contribution in [0.25, 0.3) is 0 Å². The van der Waals surface area contributed by atoms with Crippen molar-refractivity contribution in [1.82, 2.24) is 10.6 Å². The van der Waals surface area contributed by atoms with E-state index >= 15 is 0 Å². The van der Waals surface area contributed by atoms with Crippen molar-refractivity contribution in [3.8, 4) is 0 Å². The molecule has 0 aromatic heterocycles. The van der Waals surface area contributed by atoms with Crippen molar-refractivity contribution >= 4 is 23.1 Å². The standard InChI is InChI=1S/C18H19F3N4O2/c19-18(20,21)12-5-9-1-4-23-13(9)6-14(12)25-17(27)11-7-24-15-8-22-3-2-10(15)16(11)26/h5-7,10,15,22-24H,1-4,8H2,(H,25,27). The first-order valence-corrected chi connectivity index (χ1v) is 8.85. The Labute approximate surface area is 153 Å². The molecule has 0 spiro atoms. The van der Waals surface area contributed by atoms with Gasteiger partial charge in [0.25, 0.3) is 5.91 Å². The fraction of sp³-hybridized carbons (Fsp3) is 0.444. The molecular weight excluding hydrogens is 361 g/mol. The third-order valence-electron chi connectivity index (χ3n) is 5.28. The van der Waals surface area contributed by atoms with Crippen molar-refractivity contribution in [2.45, 2.75) is 25.1 Å². The van der Waals surface area contributed by atoms with Crippen molar-refractivity contribution in [2.75, 3.05) is 30.3 Å². The van der Waals surface area contributed by atoms with E-state index in [2.05, 4.69) is 21.3 Å². The van der Waals surface area contributed by atoms with Crippen LogP contribution in [0.1, 0.15) is 17.5 Å². The fourth-order valence-electron chi connectivity index (χ4n) is 3.86. The normalized spacial score (nSPS) is 24.3. The molecule has 6 nitrogen and oxygen atoms in total. The molecule has 1 aromatic carbocycles. The number of Topliss-reactive ketones (excluding diaryl/α,β-unsaturated/α-hetero) is 1. The number of benzene rings is 1. The number of amides is 1. The molecular formula is C18H19F3N4O2. The van der Waals surface area contributed by atoms with Gasteiger partial charge in [0, 0.05) is 36.9 Å². The maximum absolute atomic E-state index is 13.4. The summed E-state index contributed by atoms with van der Waals surface area (Å²) >= 11 is 0. The number of alkyl halides is 3. The number of hydrogen-bond acceptors (Lipinski definition) is 5. The second-order valence-electron chi connectivity index (χ2n) is 6.98. The van der Waals surface area contributed by atoms with Gasteiger partial charge in [0.1, 0.15) is 0 Å². The Bertz CT molecular complexity index is 835. The zero-order chi connectivity index (χ0) is 19.2. The van der Waals surface area contributed by atoms with Crippen molar-refractivity contribution in [1.29, 1.82) is 0 Å². The summed E-state index contributed by atoms with van der Waals surface area (Å²) in [5.74, 6) is -1.50. The number of halogens is 3. The molecule has 0 radical (unpaired) electrons. The molecule has 27 heavy (non-hydrogen) atoms. The fourth-order valence-corrected chi connectivity index (χ4v) is 3.86. The molecule has 0 aliphatic carbocycles. The highest BCUT2D eigenvalue weighted by atomic mass is 19.4. The van der Waals surface area contributed by atoms with Crippen molar-refractivity contribution in [2.24, 2.45) is 5.92 Å². The summed E-state index contributed by atoms with van der Waals surface area (Å²) < 4.78 is 40.3. The van der Waals surface area contributed by atoms with Gasteiger partial charge in [-0.05, 0) is 37.1 Å². The minimum absolute atomic E-state index is 0.0993. The number of nitrogens with one attached hydrogen (secondary N) is 4. The molecule has 1 aromatic rings. The molecule has 9 heteroatoms. The van der Waals surface area contributed by atoms with Crippen LogP contribution in [0.3, 0.4) is 0 Å². The molecule has 2 atom stereocenters. The molecule has 1 fully saturated rings. The SMILES string of the molecule is O=C(Nc1cc2c(cc1C(F)(F)F)CCN2)C1=CNC2CNCCC2C1=O. The number of piperidine rings is 1. The lowest BCUT2D eigenvalue weighted by Gasteiger charge is -2.35. The number of carbonyl (C=O) groups excluding carboxylic acids is 2. The van der Waals surface area contributed by atoms with Crippen LogP contribution in [0, 0.1) is 5.92 Å². The van der Waals surface area contributed by atoms with Crippen LogP contribution < -0.4 is 21.3 Å². The molecule has 0 saturated carbocycles. The second-order valence-corrected chi connectivity index (χ2v) is 6.98. The maximum Gasteiger partial charge on any atom is 0.418 e. The van der Waals surface area contributed by atoms with E-state index in [4.69, 9.17) is 0 Å². The van der Waals surface area contributed by atoms with Gasteiger partial charge in [-0.15, -0.1) is 0 Å². The Kier molecular flexibility index (Phi) is 4.33. The highest BCUT2D eigenvalue weighted by Gasteiger charge is 2.39. The quantitative estimate of drug-likeness (QED) is 0.587. The average Bonchev–Trinajstić information content (AvgIpc) is 3.08. The Morgan fingerprint density at radius 2 is 2.04 bits per heavy atom. The van der Waals surface area contributed by atoms with Gasteiger partial charge in [0.2, 0.25) is 0 Å². The van der Waals surface area contributed by atoms with Crippen molar-refractivity contribution in [3.05, 3.63) is 35.0 Å². The maximum atomic E-state index is 13.4. The lowest BCUT2D eigenvalue weighted by molar-refractivity contribution is -0.137. The van der Waals surface area contributed by atoms with Gasteiger partial charge >= 0.3 is 6.18 Å². The summed E-state index contributed by atoms with van der Waals surface area (Å²) in [6.07, 6.45) is -2.22. The first-order valence-electron chi connectivity index (χ1n) is 8.85.